The van der Waals surface area contributed by atoms with Crippen LogP contribution in [0.5, 0.6) is 11.5 Å². The summed E-state index contributed by atoms with van der Waals surface area (Å²) >= 11 is 0. The van der Waals surface area contributed by atoms with Crippen LogP contribution in [0.1, 0.15) is 16.1 Å². The molecule has 0 fully saturated rings. The lowest BCUT2D eigenvalue weighted by Gasteiger charge is -2.11. The first-order valence-corrected chi connectivity index (χ1v) is 5.47. The summed E-state index contributed by atoms with van der Waals surface area (Å²) < 4.78 is 19.0. The Labute approximate surface area is 109 Å². The summed E-state index contributed by atoms with van der Waals surface area (Å²) in [5, 5.41) is 0. The second-order valence-corrected chi connectivity index (χ2v) is 3.94. The minimum absolute atomic E-state index is 0.0129. The molecule has 98 valence electrons. The van der Waals surface area contributed by atoms with Gasteiger partial charge in [-0.3, -0.25) is 9.78 Å². The van der Waals surface area contributed by atoms with Crippen molar-refractivity contribution in [3.8, 4) is 11.5 Å². The van der Waals surface area contributed by atoms with Crippen LogP contribution >= 0.6 is 0 Å². The van der Waals surface area contributed by atoms with E-state index in [1.54, 1.807) is 6.92 Å². The average molecular weight is 261 g/mol. The molecule has 0 aliphatic rings. The molecule has 1 aromatic carbocycles. The predicted octanol–water partition coefficient (Wildman–Crippen LogP) is 2.00. The van der Waals surface area contributed by atoms with Gasteiger partial charge in [-0.25, -0.2) is 4.39 Å². The van der Waals surface area contributed by atoms with Gasteiger partial charge in [0.1, 0.15) is 11.4 Å². The van der Waals surface area contributed by atoms with E-state index >= 15 is 0 Å². The Hall–Kier alpha value is -2.63. The maximum Gasteiger partial charge on any atom is 0.267 e. The summed E-state index contributed by atoms with van der Waals surface area (Å²) in [6.07, 6.45) is 1.37. The van der Waals surface area contributed by atoms with E-state index in [9.17, 15) is 9.18 Å². The van der Waals surface area contributed by atoms with Crippen LogP contribution in [-0.4, -0.2) is 10.9 Å². The smallest absolute Gasteiger partial charge is 0.267 e. The summed E-state index contributed by atoms with van der Waals surface area (Å²) in [7, 11) is 0. The van der Waals surface area contributed by atoms with Gasteiger partial charge in [0.2, 0.25) is 0 Å². The quantitative estimate of drug-likeness (QED) is 0.827. The van der Waals surface area contributed by atoms with Crippen LogP contribution in [-0.2, 0) is 0 Å². The van der Waals surface area contributed by atoms with Gasteiger partial charge in [-0.15, -0.1) is 0 Å². The number of carbonyl (C=O) groups excluding carboxylic acids is 1. The van der Waals surface area contributed by atoms with Crippen molar-refractivity contribution in [1.29, 1.82) is 0 Å². The first-order chi connectivity index (χ1) is 8.99. The first kappa shape index (κ1) is 12.8. The van der Waals surface area contributed by atoms with Crippen molar-refractivity contribution >= 4 is 11.6 Å². The standard InChI is InChI=1S/C13H12FN3O2/c1-7-10(4-5-17-12(7)13(16)18)19-11-3-2-8(15)6-9(11)14/h2-6H,15H2,1H3,(H2,16,18). The van der Waals surface area contributed by atoms with Crippen molar-refractivity contribution in [3.63, 3.8) is 0 Å². The average Bonchev–Trinajstić information content (AvgIpc) is 2.34. The topological polar surface area (TPSA) is 91.2 Å². The zero-order valence-electron chi connectivity index (χ0n) is 10.2. The molecule has 1 amide bonds. The fraction of sp³-hybridized carbons (Fsp3) is 0.0769. The summed E-state index contributed by atoms with van der Waals surface area (Å²) in [6, 6.07) is 5.61. The number of primary amides is 1. The van der Waals surface area contributed by atoms with E-state index in [2.05, 4.69) is 4.98 Å². The zero-order valence-corrected chi connectivity index (χ0v) is 10.2. The molecule has 1 heterocycles. The Morgan fingerprint density at radius 3 is 2.68 bits per heavy atom. The van der Waals surface area contributed by atoms with Gasteiger partial charge in [-0.1, -0.05) is 0 Å². The van der Waals surface area contributed by atoms with Gasteiger partial charge in [-0.2, -0.15) is 0 Å². The molecule has 0 saturated heterocycles. The largest absolute Gasteiger partial charge is 0.454 e. The number of carbonyl (C=O) groups is 1. The third-order valence-corrected chi connectivity index (χ3v) is 2.56. The van der Waals surface area contributed by atoms with Crippen LogP contribution in [0.3, 0.4) is 0 Å². The molecule has 2 rings (SSSR count). The van der Waals surface area contributed by atoms with Crippen molar-refractivity contribution in [1.82, 2.24) is 4.98 Å². The number of benzene rings is 1. The maximum atomic E-state index is 13.6. The van der Waals surface area contributed by atoms with Crippen LogP contribution in [0, 0.1) is 12.7 Å². The van der Waals surface area contributed by atoms with E-state index in [1.165, 1.54) is 24.4 Å². The maximum absolute atomic E-state index is 13.6. The molecular formula is C13H12FN3O2. The van der Waals surface area contributed by atoms with Crippen LogP contribution in [0.2, 0.25) is 0 Å². The number of nitrogen functional groups attached to an aromatic ring is 1. The summed E-state index contributed by atoms with van der Waals surface area (Å²) in [4.78, 5) is 15.0. The summed E-state index contributed by atoms with van der Waals surface area (Å²) in [5.74, 6) is -0.927. The van der Waals surface area contributed by atoms with E-state index in [0.717, 1.165) is 6.07 Å². The van der Waals surface area contributed by atoms with Crippen LogP contribution in [0.25, 0.3) is 0 Å². The number of hydrogen-bond donors (Lipinski definition) is 2. The Morgan fingerprint density at radius 2 is 2.05 bits per heavy atom. The van der Waals surface area contributed by atoms with Crippen molar-refractivity contribution < 1.29 is 13.9 Å². The highest BCUT2D eigenvalue weighted by Gasteiger charge is 2.13. The van der Waals surface area contributed by atoms with Gasteiger partial charge >= 0.3 is 0 Å². The number of halogens is 1. The number of amides is 1. The second-order valence-electron chi connectivity index (χ2n) is 3.94. The van der Waals surface area contributed by atoms with Gasteiger partial charge in [0.15, 0.2) is 11.6 Å². The predicted molar refractivity (Wildman–Crippen MR) is 68.4 cm³/mol. The Bertz CT molecular complexity index is 644. The van der Waals surface area contributed by atoms with Gasteiger partial charge in [0.05, 0.1) is 0 Å². The summed E-state index contributed by atoms with van der Waals surface area (Å²) in [5.41, 5.74) is 11.5. The van der Waals surface area contributed by atoms with Crippen molar-refractivity contribution in [3.05, 3.63) is 47.5 Å². The lowest BCUT2D eigenvalue weighted by molar-refractivity contribution is 0.0994. The minimum atomic E-state index is -0.666. The van der Waals surface area contributed by atoms with Crippen LogP contribution in [0.15, 0.2) is 30.5 Å². The molecule has 1 aromatic heterocycles. The SMILES string of the molecule is Cc1c(Oc2ccc(N)cc2F)ccnc1C(N)=O. The number of hydrogen-bond acceptors (Lipinski definition) is 4. The van der Waals surface area contributed by atoms with Crippen molar-refractivity contribution in [2.24, 2.45) is 5.73 Å². The van der Waals surface area contributed by atoms with Gasteiger partial charge < -0.3 is 16.2 Å². The third kappa shape index (κ3) is 2.62. The van der Waals surface area contributed by atoms with E-state index in [0.29, 0.717) is 17.0 Å². The van der Waals surface area contributed by atoms with Gasteiger partial charge in [-0.05, 0) is 25.1 Å². The fourth-order valence-electron chi connectivity index (χ4n) is 1.60. The molecule has 0 aliphatic heterocycles. The van der Waals surface area contributed by atoms with E-state index in [4.69, 9.17) is 16.2 Å². The molecule has 6 heteroatoms. The minimum Gasteiger partial charge on any atom is -0.454 e. The first-order valence-electron chi connectivity index (χ1n) is 5.47. The highest BCUT2D eigenvalue weighted by atomic mass is 19.1. The van der Waals surface area contributed by atoms with Crippen LogP contribution < -0.4 is 16.2 Å². The Kier molecular flexibility index (Phi) is 3.33. The zero-order chi connectivity index (χ0) is 14.0. The van der Waals surface area contributed by atoms with Gasteiger partial charge in [0.25, 0.3) is 5.91 Å². The van der Waals surface area contributed by atoms with E-state index < -0.39 is 11.7 Å². The van der Waals surface area contributed by atoms with Gasteiger partial charge in [0, 0.05) is 23.5 Å². The number of pyridine rings is 1. The van der Waals surface area contributed by atoms with E-state index in [1.807, 2.05) is 0 Å². The molecule has 0 bridgehead atoms. The molecular weight excluding hydrogens is 249 g/mol. The number of aromatic nitrogens is 1. The number of anilines is 1. The molecule has 0 aliphatic carbocycles. The normalized spacial score (nSPS) is 10.2. The third-order valence-electron chi connectivity index (χ3n) is 2.56. The highest BCUT2D eigenvalue weighted by Crippen LogP contribution is 2.28. The number of ether oxygens (including phenoxy) is 1. The Morgan fingerprint density at radius 1 is 1.32 bits per heavy atom. The Balaban J connectivity index is 2.38. The molecule has 4 N–H and O–H groups in total. The molecule has 0 atom stereocenters. The van der Waals surface area contributed by atoms with E-state index in [-0.39, 0.29) is 11.4 Å². The number of nitrogens with zero attached hydrogens (tertiary/aromatic N) is 1. The lowest BCUT2D eigenvalue weighted by Crippen LogP contribution is -2.15. The molecule has 0 saturated carbocycles. The molecule has 5 nitrogen and oxygen atoms in total. The lowest BCUT2D eigenvalue weighted by atomic mass is 10.2. The molecule has 0 unspecified atom stereocenters. The van der Waals surface area contributed by atoms with Crippen molar-refractivity contribution in [2.75, 3.05) is 5.73 Å². The van der Waals surface area contributed by atoms with Crippen molar-refractivity contribution in [2.45, 2.75) is 6.92 Å². The molecule has 19 heavy (non-hydrogen) atoms. The fourth-order valence-corrected chi connectivity index (χ4v) is 1.60. The molecule has 0 radical (unpaired) electrons. The molecule has 2 aromatic rings. The number of nitrogens with two attached hydrogens (primary N) is 2. The van der Waals surface area contributed by atoms with Crippen LogP contribution in [0.4, 0.5) is 10.1 Å². The summed E-state index contributed by atoms with van der Waals surface area (Å²) in [6.45, 7) is 1.62. The number of rotatable bonds is 3. The monoisotopic (exact) mass is 261 g/mol. The highest BCUT2D eigenvalue weighted by molar-refractivity contribution is 5.92. The second kappa shape index (κ2) is 4.93. The molecule has 0 spiro atoms.